The first-order valence-electron chi connectivity index (χ1n) is 14.4. The van der Waals surface area contributed by atoms with Gasteiger partial charge in [-0.25, -0.2) is 8.78 Å². The van der Waals surface area contributed by atoms with E-state index in [4.69, 9.17) is 5.73 Å². The maximum atomic E-state index is 16.0. The predicted molar refractivity (Wildman–Crippen MR) is 155 cm³/mol. The van der Waals surface area contributed by atoms with Crippen molar-refractivity contribution in [2.24, 2.45) is 0 Å². The average molecular weight is 612 g/mol. The Morgan fingerprint density at radius 1 is 0.955 bits per heavy atom. The third-order valence-electron chi connectivity index (χ3n) is 8.96. The van der Waals surface area contributed by atoms with Gasteiger partial charge in [-0.2, -0.15) is 0 Å². The summed E-state index contributed by atoms with van der Waals surface area (Å²) in [4.78, 5) is 67.0. The fourth-order valence-corrected chi connectivity index (χ4v) is 6.50. The quantitative estimate of drug-likeness (QED) is 0.213. The molecule has 3 fully saturated rings. The number of nitrogen functional groups attached to an aromatic ring is 1. The molecule has 13 nitrogen and oxygen atoms in total. The van der Waals surface area contributed by atoms with Crippen LogP contribution in [0.25, 0.3) is 0 Å². The van der Waals surface area contributed by atoms with Crippen molar-refractivity contribution in [3.05, 3.63) is 57.4 Å². The molecule has 15 heteroatoms. The third kappa shape index (κ3) is 5.31. The SMILES string of the molecule is Nc1cc(N2CCN(CC3(F)CCN(c4cc5c(cc4F)C(=O)N(C4CCC(=O)NC4=O)C5=O)CC3)CC2)ccc1[N+](=O)[O-]. The van der Waals surface area contributed by atoms with Gasteiger partial charge in [-0.1, -0.05) is 0 Å². The number of fused-ring (bicyclic) bond motifs is 1. The summed E-state index contributed by atoms with van der Waals surface area (Å²) in [6.45, 7) is 2.99. The molecule has 3 N–H and O–H groups in total. The van der Waals surface area contributed by atoms with Crippen molar-refractivity contribution in [2.75, 3.05) is 61.3 Å². The number of benzene rings is 2. The molecule has 2 aromatic rings. The van der Waals surface area contributed by atoms with Gasteiger partial charge in [0, 0.05) is 76.8 Å². The van der Waals surface area contributed by atoms with E-state index in [1.807, 2.05) is 9.80 Å². The van der Waals surface area contributed by atoms with E-state index in [0.29, 0.717) is 26.2 Å². The summed E-state index contributed by atoms with van der Waals surface area (Å²) < 4.78 is 31.2. The Balaban J connectivity index is 1.06. The lowest BCUT2D eigenvalue weighted by Gasteiger charge is -2.43. The van der Waals surface area contributed by atoms with Gasteiger partial charge in [0.05, 0.1) is 21.7 Å². The van der Waals surface area contributed by atoms with Crippen LogP contribution >= 0.6 is 0 Å². The number of nitrogens with zero attached hydrogens (tertiary/aromatic N) is 5. The van der Waals surface area contributed by atoms with Crippen LogP contribution in [0.15, 0.2) is 30.3 Å². The molecule has 6 rings (SSSR count). The second-order valence-electron chi connectivity index (χ2n) is 11.7. The van der Waals surface area contributed by atoms with Crippen molar-refractivity contribution < 1.29 is 32.9 Å². The number of piperazine rings is 1. The summed E-state index contributed by atoms with van der Waals surface area (Å²) in [5, 5.41) is 13.2. The van der Waals surface area contributed by atoms with Crippen LogP contribution in [0.5, 0.6) is 0 Å². The number of hydrogen-bond acceptors (Lipinski definition) is 10. The van der Waals surface area contributed by atoms with Crippen LogP contribution in [0.3, 0.4) is 0 Å². The van der Waals surface area contributed by atoms with Crippen molar-refractivity contribution in [1.82, 2.24) is 15.1 Å². The lowest BCUT2D eigenvalue weighted by molar-refractivity contribution is -0.383. The van der Waals surface area contributed by atoms with E-state index in [9.17, 15) is 29.3 Å². The summed E-state index contributed by atoms with van der Waals surface area (Å²) in [6.07, 6.45) is 0.249. The Kier molecular flexibility index (Phi) is 7.43. The Bertz CT molecular complexity index is 1570. The highest BCUT2D eigenvalue weighted by molar-refractivity contribution is 6.23. The minimum Gasteiger partial charge on any atom is -0.393 e. The van der Waals surface area contributed by atoms with Gasteiger partial charge in [0.25, 0.3) is 17.5 Å². The fraction of sp³-hybridized carbons (Fsp3) is 0.448. The molecule has 4 heterocycles. The Hall–Kier alpha value is -4.66. The van der Waals surface area contributed by atoms with E-state index in [1.165, 1.54) is 12.1 Å². The van der Waals surface area contributed by atoms with Gasteiger partial charge in [-0.3, -0.25) is 44.4 Å². The van der Waals surface area contributed by atoms with Gasteiger partial charge >= 0.3 is 0 Å². The number of halogens is 2. The van der Waals surface area contributed by atoms with E-state index >= 15 is 8.78 Å². The van der Waals surface area contributed by atoms with Crippen LogP contribution < -0.4 is 20.9 Å². The smallest absolute Gasteiger partial charge is 0.292 e. The van der Waals surface area contributed by atoms with E-state index in [1.54, 1.807) is 17.0 Å². The topological polar surface area (TPSA) is 162 Å². The standard InChI is InChI=1S/C29H31F2N7O6/c30-20-14-18-19(28(42)37(27(18)41)23-3-4-25(39)33-26(23)40)15-24(20)36-7-5-29(31,6-8-36)16-34-9-11-35(12-10-34)17-1-2-22(38(43)44)21(32)13-17/h1-2,13-15,23H,3-12,16,32H2,(H,33,39,40). The molecule has 0 saturated carbocycles. The number of amides is 4. The largest absolute Gasteiger partial charge is 0.393 e. The van der Waals surface area contributed by atoms with Crippen molar-refractivity contribution in [1.29, 1.82) is 0 Å². The van der Waals surface area contributed by atoms with E-state index in [-0.39, 0.29) is 73.5 Å². The summed E-state index contributed by atoms with van der Waals surface area (Å²) in [5.41, 5.74) is 4.96. The Morgan fingerprint density at radius 2 is 1.61 bits per heavy atom. The zero-order valence-corrected chi connectivity index (χ0v) is 23.8. The van der Waals surface area contributed by atoms with Crippen LogP contribution in [0.4, 0.5) is 31.5 Å². The molecular weight excluding hydrogens is 580 g/mol. The molecule has 0 spiro atoms. The number of nitrogens with two attached hydrogens (primary N) is 1. The first-order valence-corrected chi connectivity index (χ1v) is 14.4. The fourth-order valence-electron chi connectivity index (χ4n) is 6.50. The number of rotatable bonds is 6. The highest BCUT2D eigenvalue weighted by atomic mass is 19.1. The van der Waals surface area contributed by atoms with Gasteiger partial charge in [-0.15, -0.1) is 0 Å². The molecule has 44 heavy (non-hydrogen) atoms. The molecule has 3 saturated heterocycles. The number of nitro benzene ring substituents is 1. The number of nitrogens with one attached hydrogen (secondary N) is 1. The van der Waals surface area contributed by atoms with Gasteiger partial charge in [0.15, 0.2) is 0 Å². The minimum atomic E-state index is -1.50. The Labute approximate surface area is 250 Å². The summed E-state index contributed by atoms with van der Waals surface area (Å²) in [6, 6.07) is 5.76. The van der Waals surface area contributed by atoms with Crippen LogP contribution in [-0.2, 0) is 9.59 Å². The third-order valence-corrected chi connectivity index (χ3v) is 8.96. The van der Waals surface area contributed by atoms with Crippen molar-refractivity contribution in [3.63, 3.8) is 0 Å². The average Bonchev–Trinajstić information content (AvgIpc) is 3.21. The predicted octanol–water partition coefficient (Wildman–Crippen LogP) is 1.85. The van der Waals surface area contributed by atoms with Gasteiger partial charge < -0.3 is 15.5 Å². The van der Waals surface area contributed by atoms with E-state index in [0.717, 1.165) is 16.7 Å². The van der Waals surface area contributed by atoms with Crippen molar-refractivity contribution >= 4 is 46.4 Å². The highest BCUT2D eigenvalue weighted by Gasteiger charge is 2.46. The summed E-state index contributed by atoms with van der Waals surface area (Å²) >= 11 is 0. The number of hydrogen-bond donors (Lipinski definition) is 2. The molecule has 1 unspecified atom stereocenters. The molecule has 4 aliphatic rings. The second-order valence-corrected chi connectivity index (χ2v) is 11.7. The molecule has 0 aliphatic carbocycles. The maximum absolute atomic E-state index is 16.0. The number of carbonyl (C=O) groups is 4. The van der Waals surface area contributed by atoms with Gasteiger partial charge in [0.2, 0.25) is 11.8 Å². The van der Waals surface area contributed by atoms with Crippen LogP contribution in [0.2, 0.25) is 0 Å². The molecular formula is C29H31F2N7O6. The summed E-state index contributed by atoms with van der Waals surface area (Å²) in [7, 11) is 0. The van der Waals surface area contributed by atoms with E-state index < -0.39 is 46.1 Å². The number of nitro groups is 1. The van der Waals surface area contributed by atoms with Crippen LogP contribution in [0.1, 0.15) is 46.4 Å². The van der Waals surface area contributed by atoms with E-state index in [2.05, 4.69) is 5.32 Å². The first kappa shape index (κ1) is 29.4. The Morgan fingerprint density at radius 3 is 2.23 bits per heavy atom. The first-order chi connectivity index (χ1) is 20.9. The monoisotopic (exact) mass is 611 g/mol. The number of carbonyl (C=O) groups excluding carboxylic acids is 4. The molecule has 232 valence electrons. The van der Waals surface area contributed by atoms with Crippen molar-refractivity contribution in [3.8, 4) is 0 Å². The molecule has 0 aromatic heterocycles. The number of anilines is 3. The maximum Gasteiger partial charge on any atom is 0.292 e. The molecule has 0 radical (unpaired) electrons. The molecule has 4 amide bonds. The zero-order chi connectivity index (χ0) is 31.3. The molecule has 4 aliphatic heterocycles. The number of imide groups is 2. The number of alkyl halides is 1. The lowest BCUT2D eigenvalue weighted by Crippen LogP contribution is -2.54. The summed E-state index contributed by atoms with van der Waals surface area (Å²) in [5.74, 6) is -3.47. The van der Waals surface area contributed by atoms with Gasteiger partial charge in [0.1, 0.15) is 23.2 Å². The highest BCUT2D eigenvalue weighted by Crippen LogP contribution is 2.36. The zero-order valence-electron chi connectivity index (χ0n) is 23.8. The molecule has 0 bridgehead atoms. The minimum absolute atomic E-state index is 0.00307. The molecule has 1 atom stereocenters. The number of piperidine rings is 2. The lowest BCUT2D eigenvalue weighted by atomic mass is 9.91. The molecule has 2 aromatic carbocycles. The van der Waals surface area contributed by atoms with Crippen LogP contribution in [-0.4, -0.2) is 95.9 Å². The van der Waals surface area contributed by atoms with Crippen molar-refractivity contribution in [2.45, 2.75) is 37.4 Å². The van der Waals surface area contributed by atoms with Gasteiger partial charge in [-0.05, 0) is 30.7 Å². The normalized spacial score (nSPS) is 22.3. The van der Waals surface area contributed by atoms with Crippen LogP contribution in [0, 0.1) is 15.9 Å². The second kappa shape index (κ2) is 11.1.